The second-order valence-corrected chi connectivity index (χ2v) is 9.42. The SMILES string of the molecule is Cc1cccc(N=c2scc(-c3cccc([N+](=O)[O-])c3)n2C(C)CCCC(C)C)c1C. The first-order chi connectivity index (χ1) is 14.8. The highest BCUT2D eigenvalue weighted by Crippen LogP contribution is 2.29. The first-order valence-electron chi connectivity index (χ1n) is 10.8. The van der Waals surface area contributed by atoms with Gasteiger partial charge in [0.15, 0.2) is 4.80 Å². The summed E-state index contributed by atoms with van der Waals surface area (Å²) in [5.74, 6) is 0.676. The Balaban J connectivity index is 2.12. The predicted octanol–water partition coefficient (Wildman–Crippen LogP) is 7.36. The predicted molar refractivity (Wildman–Crippen MR) is 129 cm³/mol. The minimum atomic E-state index is -0.340. The number of rotatable bonds is 8. The van der Waals surface area contributed by atoms with Crippen LogP contribution in [0.25, 0.3) is 11.3 Å². The van der Waals surface area contributed by atoms with E-state index in [-0.39, 0.29) is 16.7 Å². The fourth-order valence-electron chi connectivity index (χ4n) is 3.73. The second-order valence-electron chi connectivity index (χ2n) is 8.59. The van der Waals surface area contributed by atoms with Crippen molar-refractivity contribution < 1.29 is 4.92 Å². The molecule has 5 nitrogen and oxygen atoms in total. The summed E-state index contributed by atoms with van der Waals surface area (Å²) in [6.45, 7) is 10.9. The molecule has 6 heteroatoms. The third kappa shape index (κ3) is 5.50. The molecule has 0 fully saturated rings. The van der Waals surface area contributed by atoms with Gasteiger partial charge in [0, 0.05) is 29.1 Å². The number of nitro benzene ring substituents is 1. The number of non-ortho nitro benzene ring substituents is 1. The van der Waals surface area contributed by atoms with Crippen molar-refractivity contribution >= 4 is 22.7 Å². The number of benzene rings is 2. The van der Waals surface area contributed by atoms with Crippen molar-refractivity contribution in [1.29, 1.82) is 0 Å². The third-order valence-electron chi connectivity index (χ3n) is 5.73. The van der Waals surface area contributed by atoms with E-state index in [0.29, 0.717) is 5.92 Å². The Kier molecular flexibility index (Phi) is 7.44. The van der Waals surface area contributed by atoms with Gasteiger partial charge in [-0.25, -0.2) is 4.99 Å². The van der Waals surface area contributed by atoms with Gasteiger partial charge in [-0.1, -0.05) is 51.0 Å². The Bertz CT molecular complexity index is 1130. The van der Waals surface area contributed by atoms with E-state index in [0.717, 1.165) is 34.6 Å². The molecule has 3 aromatic rings. The summed E-state index contributed by atoms with van der Waals surface area (Å²) < 4.78 is 2.26. The van der Waals surface area contributed by atoms with E-state index in [9.17, 15) is 10.1 Å². The van der Waals surface area contributed by atoms with Crippen molar-refractivity contribution in [2.45, 2.75) is 59.9 Å². The van der Waals surface area contributed by atoms with Crippen molar-refractivity contribution in [2.75, 3.05) is 0 Å². The molecular weight excluding hydrogens is 406 g/mol. The number of aryl methyl sites for hydroxylation is 1. The van der Waals surface area contributed by atoms with Gasteiger partial charge in [-0.2, -0.15) is 0 Å². The number of thiazole rings is 1. The summed E-state index contributed by atoms with van der Waals surface area (Å²) in [5, 5.41) is 13.4. The molecule has 0 aliphatic carbocycles. The van der Waals surface area contributed by atoms with Crippen molar-refractivity contribution in [1.82, 2.24) is 4.57 Å². The maximum absolute atomic E-state index is 11.3. The Morgan fingerprint density at radius 2 is 1.84 bits per heavy atom. The molecule has 1 unspecified atom stereocenters. The normalized spacial score (nSPS) is 13.0. The van der Waals surface area contributed by atoms with E-state index in [4.69, 9.17) is 4.99 Å². The van der Waals surface area contributed by atoms with Crippen molar-refractivity contribution in [3.63, 3.8) is 0 Å². The Morgan fingerprint density at radius 3 is 2.55 bits per heavy atom. The summed E-state index contributed by atoms with van der Waals surface area (Å²) >= 11 is 1.59. The van der Waals surface area contributed by atoms with Gasteiger partial charge >= 0.3 is 0 Å². The smallest absolute Gasteiger partial charge is 0.270 e. The molecular formula is C25H31N3O2S. The molecule has 0 amide bonds. The molecule has 0 radical (unpaired) electrons. The van der Waals surface area contributed by atoms with Crippen LogP contribution in [0.3, 0.4) is 0 Å². The molecule has 0 N–H and O–H groups in total. The zero-order valence-corrected chi connectivity index (χ0v) is 19.8. The fraction of sp³-hybridized carbons (Fsp3) is 0.400. The summed E-state index contributed by atoms with van der Waals surface area (Å²) in [7, 11) is 0. The average molecular weight is 438 g/mol. The van der Waals surface area contributed by atoms with E-state index in [1.165, 1.54) is 23.6 Å². The van der Waals surface area contributed by atoms with Gasteiger partial charge in [-0.15, -0.1) is 11.3 Å². The van der Waals surface area contributed by atoms with E-state index in [2.05, 4.69) is 50.6 Å². The van der Waals surface area contributed by atoms with E-state index < -0.39 is 0 Å². The number of nitrogens with zero attached hydrogens (tertiary/aromatic N) is 3. The average Bonchev–Trinajstić information content (AvgIpc) is 3.15. The molecule has 0 saturated carbocycles. The van der Waals surface area contributed by atoms with Crippen LogP contribution in [-0.2, 0) is 0 Å². The van der Waals surface area contributed by atoms with Gasteiger partial charge in [0.25, 0.3) is 5.69 Å². The lowest BCUT2D eigenvalue weighted by Gasteiger charge is -2.18. The van der Waals surface area contributed by atoms with Crippen LogP contribution in [0.4, 0.5) is 11.4 Å². The summed E-state index contributed by atoms with van der Waals surface area (Å²) in [6, 6.07) is 13.3. The molecule has 0 saturated heterocycles. The number of hydrogen-bond acceptors (Lipinski definition) is 4. The van der Waals surface area contributed by atoms with Gasteiger partial charge in [0.05, 0.1) is 16.3 Å². The Hall–Kier alpha value is -2.73. The molecule has 3 rings (SSSR count). The van der Waals surface area contributed by atoms with Gasteiger partial charge in [-0.3, -0.25) is 10.1 Å². The van der Waals surface area contributed by atoms with Crippen LogP contribution in [0, 0.1) is 29.9 Å². The first kappa shape index (κ1) is 22.9. The van der Waals surface area contributed by atoms with Gasteiger partial charge in [0.1, 0.15) is 0 Å². The summed E-state index contributed by atoms with van der Waals surface area (Å²) in [6.07, 6.45) is 3.36. The monoisotopic (exact) mass is 437 g/mol. The Labute approximate surface area is 188 Å². The zero-order chi connectivity index (χ0) is 22.5. The highest BCUT2D eigenvalue weighted by atomic mass is 32.1. The van der Waals surface area contributed by atoms with Crippen molar-refractivity contribution in [3.05, 3.63) is 73.9 Å². The summed E-state index contributed by atoms with van der Waals surface area (Å²) in [5.41, 5.74) is 5.30. The molecule has 1 aromatic heterocycles. The van der Waals surface area contributed by atoms with Crippen LogP contribution in [-0.4, -0.2) is 9.49 Å². The summed E-state index contributed by atoms with van der Waals surface area (Å²) in [4.78, 5) is 16.9. The highest BCUT2D eigenvalue weighted by molar-refractivity contribution is 7.07. The largest absolute Gasteiger partial charge is 0.314 e. The lowest BCUT2D eigenvalue weighted by Crippen LogP contribution is -2.20. The maximum atomic E-state index is 11.3. The first-order valence-corrected chi connectivity index (χ1v) is 11.7. The quantitative estimate of drug-likeness (QED) is 0.273. The van der Waals surface area contributed by atoms with E-state index in [1.54, 1.807) is 23.5 Å². The molecule has 31 heavy (non-hydrogen) atoms. The maximum Gasteiger partial charge on any atom is 0.270 e. The molecule has 0 spiro atoms. The zero-order valence-electron chi connectivity index (χ0n) is 19.0. The molecule has 0 aliphatic rings. The second kappa shape index (κ2) is 10.1. The minimum absolute atomic E-state index is 0.107. The molecule has 0 bridgehead atoms. The van der Waals surface area contributed by atoms with Crippen LogP contribution in [0.5, 0.6) is 0 Å². The fourth-order valence-corrected chi connectivity index (χ4v) is 4.74. The van der Waals surface area contributed by atoms with Gasteiger partial charge in [-0.05, 0) is 50.3 Å². The number of hydrogen-bond donors (Lipinski definition) is 0. The highest BCUT2D eigenvalue weighted by Gasteiger charge is 2.17. The van der Waals surface area contributed by atoms with Crippen molar-refractivity contribution in [3.8, 4) is 11.3 Å². The van der Waals surface area contributed by atoms with Crippen LogP contribution >= 0.6 is 11.3 Å². The van der Waals surface area contributed by atoms with Crippen LogP contribution in [0.15, 0.2) is 52.8 Å². The lowest BCUT2D eigenvalue weighted by atomic mass is 10.0. The van der Waals surface area contributed by atoms with E-state index in [1.807, 2.05) is 18.2 Å². The minimum Gasteiger partial charge on any atom is -0.314 e. The van der Waals surface area contributed by atoms with E-state index >= 15 is 0 Å². The standard InChI is InChI=1S/C25H31N3O2S/c1-17(2)9-6-11-19(4)27-24(21-12-8-13-22(15-21)28(29)30)16-31-25(27)26-23-14-7-10-18(3)20(23)5/h7-8,10,12-17,19H,6,9,11H2,1-5H3. The van der Waals surface area contributed by atoms with Crippen LogP contribution in [0.2, 0.25) is 0 Å². The number of nitro groups is 1. The van der Waals surface area contributed by atoms with Crippen LogP contribution < -0.4 is 4.80 Å². The molecule has 1 heterocycles. The van der Waals surface area contributed by atoms with Crippen molar-refractivity contribution in [2.24, 2.45) is 10.9 Å². The lowest BCUT2D eigenvalue weighted by molar-refractivity contribution is -0.384. The third-order valence-corrected chi connectivity index (χ3v) is 6.57. The number of aromatic nitrogens is 1. The van der Waals surface area contributed by atoms with Gasteiger partial charge < -0.3 is 4.57 Å². The molecule has 1 atom stereocenters. The van der Waals surface area contributed by atoms with Crippen LogP contribution in [0.1, 0.15) is 57.2 Å². The topological polar surface area (TPSA) is 60.4 Å². The van der Waals surface area contributed by atoms with Gasteiger partial charge in [0.2, 0.25) is 0 Å². The Morgan fingerprint density at radius 1 is 1.10 bits per heavy atom. The molecule has 0 aliphatic heterocycles. The molecule has 2 aromatic carbocycles. The molecule has 164 valence electrons.